The maximum atomic E-state index is 11.5. The first kappa shape index (κ1) is 18.4. The minimum absolute atomic E-state index is 0.0109. The Labute approximate surface area is 118 Å². The Morgan fingerprint density at radius 3 is 2.25 bits per heavy atom. The lowest BCUT2D eigenvalue weighted by atomic mass is 10.1. The highest BCUT2D eigenvalue weighted by Gasteiger charge is 2.23. The van der Waals surface area contributed by atoms with Crippen molar-refractivity contribution in [3.63, 3.8) is 0 Å². The van der Waals surface area contributed by atoms with Gasteiger partial charge in [0.25, 0.3) is 0 Å². The molecule has 20 heavy (non-hydrogen) atoms. The van der Waals surface area contributed by atoms with Crippen LogP contribution in [0.4, 0.5) is 0 Å². The van der Waals surface area contributed by atoms with Crippen LogP contribution in [0.5, 0.6) is 0 Å². The molecule has 0 aliphatic rings. The molecule has 0 aromatic carbocycles. The lowest BCUT2D eigenvalue weighted by Crippen LogP contribution is -2.41. The molecule has 116 valence electrons. The summed E-state index contributed by atoms with van der Waals surface area (Å²) in [7, 11) is 1.45. The summed E-state index contributed by atoms with van der Waals surface area (Å²) in [6.45, 7) is 5.40. The lowest BCUT2D eigenvalue weighted by Gasteiger charge is -2.20. The molecule has 0 fully saturated rings. The molecule has 0 rings (SSSR count). The molecular formula is C13H23NO6. The molecule has 0 saturated carbocycles. The third kappa shape index (κ3) is 9.32. The second kappa shape index (κ2) is 8.52. The summed E-state index contributed by atoms with van der Waals surface area (Å²) < 4.78 is 9.80. The van der Waals surface area contributed by atoms with Crippen LogP contribution in [0.1, 0.15) is 40.0 Å². The Kier molecular flexibility index (Phi) is 7.83. The Morgan fingerprint density at radius 2 is 1.80 bits per heavy atom. The number of nitrogens with one attached hydrogen (secondary N) is 1. The lowest BCUT2D eigenvalue weighted by molar-refractivity contribution is -0.155. The summed E-state index contributed by atoms with van der Waals surface area (Å²) in [5, 5.41) is 11.3. The minimum Gasteiger partial charge on any atom is -0.480 e. The molecule has 0 saturated heterocycles. The zero-order chi connectivity index (χ0) is 15.8. The number of carbonyl (C=O) groups is 3. The number of hydrogen-bond acceptors (Lipinski definition) is 5. The van der Waals surface area contributed by atoms with Crippen LogP contribution in [0, 0.1) is 0 Å². The highest BCUT2D eigenvalue weighted by Crippen LogP contribution is 2.10. The van der Waals surface area contributed by atoms with Crippen LogP contribution < -0.4 is 5.32 Å². The molecule has 0 heterocycles. The molecule has 7 heteroatoms. The smallest absolute Gasteiger partial charge is 0.326 e. The standard InChI is InChI=1S/C13H23NO6/c1-13(2,3)20-11(16)6-5-9(12(17)18)14-10(15)7-8-19-4/h9H,5-8H2,1-4H3,(H,14,15)(H,17,18)/t9-/m1/s1. The van der Waals surface area contributed by atoms with Gasteiger partial charge >= 0.3 is 11.9 Å². The summed E-state index contributed by atoms with van der Waals surface area (Å²) in [6, 6.07) is -1.10. The zero-order valence-corrected chi connectivity index (χ0v) is 12.4. The van der Waals surface area contributed by atoms with E-state index in [-0.39, 0.29) is 25.9 Å². The fourth-order valence-corrected chi connectivity index (χ4v) is 1.37. The first-order valence-electron chi connectivity index (χ1n) is 6.38. The number of ether oxygens (including phenoxy) is 2. The Hall–Kier alpha value is -1.63. The van der Waals surface area contributed by atoms with Crippen LogP contribution in [0.3, 0.4) is 0 Å². The van der Waals surface area contributed by atoms with Crippen molar-refractivity contribution in [1.82, 2.24) is 5.32 Å². The van der Waals surface area contributed by atoms with Gasteiger partial charge in [-0.2, -0.15) is 0 Å². The van der Waals surface area contributed by atoms with E-state index in [0.717, 1.165) is 0 Å². The fraction of sp³-hybridized carbons (Fsp3) is 0.769. The predicted molar refractivity (Wildman–Crippen MR) is 71.1 cm³/mol. The number of rotatable bonds is 8. The molecule has 0 aromatic heterocycles. The van der Waals surface area contributed by atoms with Gasteiger partial charge in [0.05, 0.1) is 6.61 Å². The van der Waals surface area contributed by atoms with Gasteiger partial charge in [0, 0.05) is 20.0 Å². The van der Waals surface area contributed by atoms with Gasteiger partial charge in [-0.05, 0) is 27.2 Å². The van der Waals surface area contributed by atoms with Gasteiger partial charge in [-0.25, -0.2) is 4.79 Å². The van der Waals surface area contributed by atoms with Crippen molar-refractivity contribution in [2.45, 2.75) is 51.7 Å². The Morgan fingerprint density at radius 1 is 1.20 bits per heavy atom. The second-order valence-corrected chi connectivity index (χ2v) is 5.33. The zero-order valence-electron chi connectivity index (χ0n) is 12.4. The molecule has 0 aliphatic heterocycles. The molecule has 0 aliphatic carbocycles. The molecular weight excluding hydrogens is 266 g/mol. The predicted octanol–water partition coefficient (Wildman–Crippen LogP) is 0.714. The number of amides is 1. The van der Waals surface area contributed by atoms with Crippen molar-refractivity contribution in [1.29, 1.82) is 0 Å². The van der Waals surface area contributed by atoms with Crippen LogP contribution in [0.15, 0.2) is 0 Å². The minimum atomic E-state index is -1.18. The largest absolute Gasteiger partial charge is 0.480 e. The summed E-state index contributed by atoms with van der Waals surface area (Å²) in [6.07, 6.45) is -0.00548. The molecule has 0 radical (unpaired) electrons. The van der Waals surface area contributed by atoms with E-state index in [4.69, 9.17) is 14.6 Å². The average Bonchev–Trinajstić information content (AvgIpc) is 2.29. The van der Waals surface area contributed by atoms with Crippen LogP contribution in [-0.2, 0) is 23.9 Å². The van der Waals surface area contributed by atoms with Crippen molar-refractivity contribution >= 4 is 17.8 Å². The molecule has 0 unspecified atom stereocenters. The summed E-state index contributed by atoms with van der Waals surface area (Å²) in [5.41, 5.74) is -0.614. The van der Waals surface area contributed by atoms with Crippen LogP contribution in [-0.4, -0.2) is 48.3 Å². The van der Waals surface area contributed by atoms with Crippen molar-refractivity contribution < 1.29 is 29.0 Å². The topological polar surface area (TPSA) is 102 Å². The van der Waals surface area contributed by atoms with Crippen LogP contribution in [0.25, 0.3) is 0 Å². The maximum Gasteiger partial charge on any atom is 0.326 e. The molecule has 0 spiro atoms. The van der Waals surface area contributed by atoms with E-state index in [1.54, 1.807) is 20.8 Å². The second-order valence-electron chi connectivity index (χ2n) is 5.33. The van der Waals surface area contributed by atoms with E-state index in [2.05, 4.69) is 5.32 Å². The number of aliphatic carboxylic acids is 1. The molecule has 1 amide bonds. The quantitative estimate of drug-likeness (QED) is 0.638. The number of carbonyl (C=O) groups excluding carboxylic acids is 2. The van der Waals surface area contributed by atoms with E-state index in [1.165, 1.54) is 7.11 Å². The third-order valence-electron chi connectivity index (χ3n) is 2.22. The highest BCUT2D eigenvalue weighted by molar-refractivity contribution is 5.84. The number of hydrogen-bond donors (Lipinski definition) is 2. The van der Waals surface area contributed by atoms with Crippen molar-refractivity contribution in [2.24, 2.45) is 0 Å². The van der Waals surface area contributed by atoms with Gasteiger partial charge in [0.2, 0.25) is 5.91 Å². The van der Waals surface area contributed by atoms with Gasteiger partial charge in [0.1, 0.15) is 11.6 Å². The number of methoxy groups -OCH3 is 1. The SMILES string of the molecule is COCCC(=O)N[C@H](CCC(=O)OC(C)(C)C)C(=O)O. The summed E-state index contributed by atoms with van der Waals surface area (Å²) in [4.78, 5) is 33.9. The van der Waals surface area contributed by atoms with E-state index in [0.29, 0.717) is 0 Å². The molecule has 0 aromatic rings. The monoisotopic (exact) mass is 289 g/mol. The number of carboxylic acid groups (broad SMARTS) is 1. The van der Waals surface area contributed by atoms with Gasteiger partial charge in [-0.3, -0.25) is 9.59 Å². The Balaban J connectivity index is 4.25. The van der Waals surface area contributed by atoms with Crippen LogP contribution >= 0.6 is 0 Å². The van der Waals surface area contributed by atoms with E-state index >= 15 is 0 Å². The Bertz CT molecular complexity index is 347. The van der Waals surface area contributed by atoms with Gasteiger partial charge in [-0.15, -0.1) is 0 Å². The first-order valence-corrected chi connectivity index (χ1v) is 6.38. The normalized spacial score (nSPS) is 12.6. The third-order valence-corrected chi connectivity index (χ3v) is 2.22. The average molecular weight is 289 g/mol. The van der Waals surface area contributed by atoms with Crippen LogP contribution in [0.2, 0.25) is 0 Å². The van der Waals surface area contributed by atoms with Gasteiger partial charge < -0.3 is 19.9 Å². The molecule has 7 nitrogen and oxygen atoms in total. The number of carboxylic acids is 1. The van der Waals surface area contributed by atoms with E-state index in [1.807, 2.05) is 0 Å². The summed E-state index contributed by atoms with van der Waals surface area (Å²) >= 11 is 0. The molecule has 2 N–H and O–H groups in total. The van der Waals surface area contributed by atoms with E-state index < -0.39 is 29.5 Å². The van der Waals surface area contributed by atoms with Gasteiger partial charge in [-0.1, -0.05) is 0 Å². The molecule has 0 bridgehead atoms. The molecule has 1 atom stereocenters. The van der Waals surface area contributed by atoms with Crippen molar-refractivity contribution in [3.8, 4) is 0 Å². The van der Waals surface area contributed by atoms with Crippen molar-refractivity contribution in [3.05, 3.63) is 0 Å². The summed E-state index contributed by atoms with van der Waals surface area (Å²) in [5.74, 6) is -2.10. The fourth-order valence-electron chi connectivity index (χ4n) is 1.37. The van der Waals surface area contributed by atoms with Gasteiger partial charge in [0.15, 0.2) is 0 Å². The van der Waals surface area contributed by atoms with E-state index in [9.17, 15) is 14.4 Å². The number of esters is 1. The first-order chi connectivity index (χ1) is 9.15. The van der Waals surface area contributed by atoms with Crippen molar-refractivity contribution in [2.75, 3.05) is 13.7 Å². The maximum absolute atomic E-state index is 11.5. The highest BCUT2D eigenvalue weighted by atomic mass is 16.6.